The van der Waals surface area contributed by atoms with Gasteiger partial charge in [0.15, 0.2) is 0 Å². The third-order valence-corrected chi connectivity index (χ3v) is 3.02. The Morgan fingerprint density at radius 3 is 2.26 bits per heavy atom. The fourth-order valence-corrected chi connectivity index (χ4v) is 2.07. The van der Waals surface area contributed by atoms with Gasteiger partial charge in [0.05, 0.1) is 17.5 Å². The maximum absolute atomic E-state index is 14.0. The summed E-state index contributed by atoms with van der Waals surface area (Å²) >= 11 is 0. The molecule has 0 amide bonds. The van der Waals surface area contributed by atoms with Crippen LogP contribution in [0.25, 0.3) is 0 Å². The molecule has 2 rings (SSSR count). The Labute approximate surface area is 110 Å². The Bertz CT molecular complexity index is 584. The number of aliphatic hydroxyl groups is 1. The standard InChI is InChI=1S/C15H15F2NO/c1-10(19)11-6-5-8-13(17)15(11)18(2)14-9-4-3-7-12(14)16/h3-10,19H,1-2H3/t10-/m1/s1. The molecule has 0 aliphatic carbocycles. The molecule has 0 unspecified atom stereocenters. The van der Waals surface area contributed by atoms with Crippen molar-refractivity contribution in [1.82, 2.24) is 0 Å². The van der Waals surface area contributed by atoms with Crippen LogP contribution in [0.1, 0.15) is 18.6 Å². The van der Waals surface area contributed by atoms with E-state index in [-0.39, 0.29) is 11.4 Å². The van der Waals surface area contributed by atoms with Gasteiger partial charge in [0, 0.05) is 12.6 Å². The first-order chi connectivity index (χ1) is 9.02. The normalized spacial score (nSPS) is 12.3. The van der Waals surface area contributed by atoms with Crippen LogP contribution in [0.3, 0.4) is 0 Å². The van der Waals surface area contributed by atoms with Crippen LogP contribution in [-0.4, -0.2) is 12.2 Å². The van der Waals surface area contributed by atoms with Crippen LogP contribution in [0.2, 0.25) is 0 Å². The summed E-state index contributed by atoms with van der Waals surface area (Å²) in [5.41, 5.74) is 0.864. The molecule has 0 heterocycles. The van der Waals surface area contributed by atoms with Crippen molar-refractivity contribution >= 4 is 11.4 Å². The smallest absolute Gasteiger partial charge is 0.147 e. The van der Waals surface area contributed by atoms with E-state index in [1.165, 1.54) is 23.1 Å². The number of benzene rings is 2. The second-order valence-electron chi connectivity index (χ2n) is 4.36. The number of para-hydroxylation sites is 2. The maximum Gasteiger partial charge on any atom is 0.147 e. The SMILES string of the molecule is C[C@@H](O)c1cccc(F)c1N(C)c1ccccc1F. The molecule has 2 aromatic rings. The van der Waals surface area contributed by atoms with Gasteiger partial charge >= 0.3 is 0 Å². The average Bonchev–Trinajstić information content (AvgIpc) is 2.38. The molecule has 19 heavy (non-hydrogen) atoms. The number of hydrogen-bond acceptors (Lipinski definition) is 2. The second-order valence-corrected chi connectivity index (χ2v) is 4.36. The highest BCUT2D eigenvalue weighted by Gasteiger charge is 2.18. The first-order valence-corrected chi connectivity index (χ1v) is 5.97. The number of nitrogens with zero attached hydrogens (tertiary/aromatic N) is 1. The lowest BCUT2D eigenvalue weighted by molar-refractivity contribution is 0.199. The number of halogens is 2. The molecule has 2 aromatic carbocycles. The Morgan fingerprint density at radius 2 is 1.63 bits per heavy atom. The van der Waals surface area contributed by atoms with Crippen LogP contribution < -0.4 is 4.90 Å². The highest BCUT2D eigenvalue weighted by molar-refractivity contribution is 5.67. The van der Waals surface area contributed by atoms with Gasteiger partial charge in [-0.3, -0.25) is 0 Å². The molecule has 4 heteroatoms. The molecule has 0 aromatic heterocycles. The molecule has 0 saturated heterocycles. The third-order valence-electron chi connectivity index (χ3n) is 3.02. The molecule has 0 fully saturated rings. The minimum Gasteiger partial charge on any atom is -0.389 e. The van der Waals surface area contributed by atoms with Crippen LogP contribution in [-0.2, 0) is 0 Å². The van der Waals surface area contributed by atoms with Gasteiger partial charge in [0.1, 0.15) is 11.6 Å². The summed E-state index contributed by atoms with van der Waals surface area (Å²) < 4.78 is 27.8. The Hall–Kier alpha value is -1.94. The van der Waals surface area contributed by atoms with Gasteiger partial charge in [0.2, 0.25) is 0 Å². The fraction of sp³-hybridized carbons (Fsp3) is 0.200. The summed E-state index contributed by atoms with van der Waals surface area (Å²) in [5.74, 6) is -0.936. The lowest BCUT2D eigenvalue weighted by Gasteiger charge is -2.24. The van der Waals surface area contributed by atoms with Crippen LogP contribution in [0, 0.1) is 11.6 Å². The predicted octanol–water partition coefficient (Wildman–Crippen LogP) is 3.79. The maximum atomic E-state index is 14.0. The largest absolute Gasteiger partial charge is 0.389 e. The zero-order chi connectivity index (χ0) is 14.0. The van der Waals surface area contributed by atoms with Crippen molar-refractivity contribution in [2.45, 2.75) is 13.0 Å². The molecule has 0 radical (unpaired) electrons. The lowest BCUT2D eigenvalue weighted by Crippen LogP contribution is -2.16. The zero-order valence-corrected chi connectivity index (χ0v) is 10.8. The van der Waals surface area contributed by atoms with E-state index in [0.29, 0.717) is 5.56 Å². The van der Waals surface area contributed by atoms with Crippen molar-refractivity contribution in [3.05, 3.63) is 59.7 Å². The number of anilines is 2. The summed E-state index contributed by atoms with van der Waals surface area (Å²) in [6, 6.07) is 10.6. The van der Waals surface area contributed by atoms with Gasteiger partial charge in [0.25, 0.3) is 0 Å². The van der Waals surface area contributed by atoms with Gasteiger partial charge in [-0.15, -0.1) is 0 Å². The summed E-state index contributed by atoms with van der Waals surface area (Å²) in [7, 11) is 1.57. The zero-order valence-electron chi connectivity index (χ0n) is 10.8. The predicted molar refractivity (Wildman–Crippen MR) is 71.5 cm³/mol. The molecule has 100 valence electrons. The van der Waals surface area contributed by atoms with Crippen LogP contribution in [0.4, 0.5) is 20.2 Å². The molecule has 0 bridgehead atoms. The van der Waals surface area contributed by atoms with Gasteiger partial charge in [-0.25, -0.2) is 8.78 Å². The lowest BCUT2D eigenvalue weighted by atomic mass is 10.1. The van der Waals surface area contributed by atoms with Gasteiger partial charge in [-0.1, -0.05) is 24.3 Å². The van der Waals surface area contributed by atoms with Crippen molar-refractivity contribution < 1.29 is 13.9 Å². The minimum absolute atomic E-state index is 0.183. The molecule has 1 atom stereocenters. The quantitative estimate of drug-likeness (QED) is 0.910. The van der Waals surface area contributed by atoms with E-state index in [1.54, 1.807) is 38.2 Å². The van der Waals surface area contributed by atoms with E-state index in [9.17, 15) is 13.9 Å². The van der Waals surface area contributed by atoms with E-state index in [2.05, 4.69) is 0 Å². The summed E-state index contributed by atoms with van der Waals surface area (Å²) in [4.78, 5) is 1.41. The molecule has 0 spiro atoms. The Morgan fingerprint density at radius 1 is 1.00 bits per heavy atom. The van der Waals surface area contributed by atoms with Crippen LogP contribution in [0.15, 0.2) is 42.5 Å². The second kappa shape index (κ2) is 5.36. The number of aliphatic hydroxyl groups excluding tert-OH is 1. The Kier molecular flexibility index (Phi) is 3.81. The number of rotatable bonds is 3. The number of hydrogen-bond donors (Lipinski definition) is 1. The molecule has 1 N–H and O–H groups in total. The van der Waals surface area contributed by atoms with Crippen molar-refractivity contribution in [3.8, 4) is 0 Å². The highest BCUT2D eigenvalue weighted by Crippen LogP contribution is 2.34. The molecule has 0 aliphatic rings. The van der Waals surface area contributed by atoms with Crippen LogP contribution in [0.5, 0.6) is 0 Å². The van der Waals surface area contributed by atoms with E-state index in [1.807, 2.05) is 0 Å². The third kappa shape index (κ3) is 2.58. The fourth-order valence-electron chi connectivity index (χ4n) is 2.07. The topological polar surface area (TPSA) is 23.5 Å². The minimum atomic E-state index is -0.833. The molecule has 0 saturated carbocycles. The summed E-state index contributed by atoms with van der Waals surface area (Å²) in [6.07, 6.45) is -0.833. The van der Waals surface area contributed by atoms with E-state index < -0.39 is 17.7 Å². The summed E-state index contributed by atoms with van der Waals surface area (Å²) in [5, 5.41) is 9.71. The molecule has 0 aliphatic heterocycles. The monoisotopic (exact) mass is 263 g/mol. The highest BCUT2D eigenvalue weighted by atomic mass is 19.1. The first-order valence-electron chi connectivity index (χ1n) is 5.97. The van der Waals surface area contributed by atoms with Gasteiger partial charge in [-0.05, 0) is 25.1 Å². The van der Waals surface area contributed by atoms with Gasteiger partial charge in [-0.2, -0.15) is 0 Å². The van der Waals surface area contributed by atoms with E-state index in [0.717, 1.165) is 0 Å². The van der Waals surface area contributed by atoms with Gasteiger partial charge < -0.3 is 10.0 Å². The first kappa shape index (κ1) is 13.5. The molecular formula is C15H15F2NO. The van der Waals surface area contributed by atoms with Crippen molar-refractivity contribution in [3.63, 3.8) is 0 Å². The molecule has 2 nitrogen and oxygen atoms in total. The molecular weight excluding hydrogens is 248 g/mol. The van der Waals surface area contributed by atoms with Crippen molar-refractivity contribution in [2.75, 3.05) is 11.9 Å². The summed E-state index contributed by atoms with van der Waals surface area (Å²) in [6.45, 7) is 1.55. The van der Waals surface area contributed by atoms with E-state index in [4.69, 9.17) is 0 Å². The average molecular weight is 263 g/mol. The van der Waals surface area contributed by atoms with Crippen molar-refractivity contribution in [2.24, 2.45) is 0 Å². The van der Waals surface area contributed by atoms with E-state index >= 15 is 0 Å². The van der Waals surface area contributed by atoms with Crippen LogP contribution >= 0.6 is 0 Å². The Balaban J connectivity index is 2.56. The van der Waals surface area contributed by atoms with Crippen molar-refractivity contribution in [1.29, 1.82) is 0 Å².